The Morgan fingerprint density at radius 1 is 1.44 bits per heavy atom. The zero-order valence-corrected chi connectivity index (χ0v) is 13.1. The molecule has 0 saturated heterocycles. The van der Waals surface area contributed by atoms with E-state index in [1.165, 1.54) is 0 Å². The maximum Gasteiger partial charge on any atom is 0.273 e. The molecule has 0 aromatic heterocycles. The van der Waals surface area contributed by atoms with E-state index in [1.54, 1.807) is 6.07 Å². The molecule has 0 fully saturated rings. The minimum atomic E-state index is -0.285. The van der Waals surface area contributed by atoms with E-state index in [9.17, 15) is 10.1 Å². The van der Waals surface area contributed by atoms with Gasteiger partial charge >= 0.3 is 0 Å². The van der Waals surface area contributed by atoms with Crippen LogP contribution >= 0.6 is 22.6 Å². The number of benzene rings is 1. The number of nitrogens with one attached hydrogen (secondary N) is 1. The third-order valence-corrected chi connectivity index (χ3v) is 3.86. The molecule has 0 aliphatic carbocycles. The number of hydrogen-bond donors (Lipinski definition) is 1. The van der Waals surface area contributed by atoms with Crippen LogP contribution in [0.15, 0.2) is 18.2 Å². The molecule has 1 aromatic rings. The minimum Gasteiger partial charge on any atom is -0.314 e. The first-order valence-electron chi connectivity index (χ1n) is 6.18. The molecule has 2 atom stereocenters. The maximum atomic E-state index is 11.1. The number of nitro benzene ring substituents is 1. The number of halogens is 1. The topological polar surface area (TPSA) is 55.2 Å². The average molecular weight is 362 g/mol. The Morgan fingerprint density at radius 3 is 2.61 bits per heavy atom. The number of hydrogen-bond acceptors (Lipinski definition) is 3. The summed E-state index contributed by atoms with van der Waals surface area (Å²) in [6.45, 7) is 7.08. The van der Waals surface area contributed by atoms with E-state index in [0.717, 1.165) is 22.1 Å². The molecule has 5 heteroatoms. The summed E-state index contributed by atoms with van der Waals surface area (Å²) in [6.07, 6.45) is 0.956. The normalized spacial score (nSPS) is 14.2. The first-order chi connectivity index (χ1) is 8.51. The highest BCUT2D eigenvalue weighted by atomic mass is 127. The molecule has 0 radical (unpaired) electrons. The van der Waals surface area contributed by atoms with Gasteiger partial charge in [0.05, 0.1) is 4.92 Å². The van der Waals surface area contributed by atoms with Crippen molar-refractivity contribution in [1.82, 2.24) is 5.32 Å². The number of nitro groups is 1. The molecule has 0 saturated carbocycles. The van der Waals surface area contributed by atoms with Crippen molar-refractivity contribution >= 4 is 28.3 Å². The van der Waals surface area contributed by atoms with Crippen molar-refractivity contribution in [3.05, 3.63) is 37.4 Å². The number of likely N-dealkylation sites (N-methyl/N-ethyl adjacent to an activating group) is 1. The van der Waals surface area contributed by atoms with Crippen LogP contribution in [0.5, 0.6) is 0 Å². The molecule has 0 heterocycles. The van der Waals surface area contributed by atoms with Crippen molar-refractivity contribution in [2.24, 2.45) is 0 Å². The van der Waals surface area contributed by atoms with Crippen molar-refractivity contribution in [1.29, 1.82) is 0 Å². The van der Waals surface area contributed by atoms with E-state index in [2.05, 4.69) is 41.8 Å². The van der Waals surface area contributed by atoms with Gasteiger partial charge in [0.25, 0.3) is 5.69 Å². The van der Waals surface area contributed by atoms with Gasteiger partial charge in [0.15, 0.2) is 0 Å². The fourth-order valence-corrected chi connectivity index (χ4v) is 2.69. The minimum absolute atomic E-state index is 0.132. The molecule has 0 aliphatic rings. The van der Waals surface area contributed by atoms with Gasteiger partial charge in [0.2, 0.25) is 0 Å². The fraction of sp³-hybridized carbons (Fsp3) is 0.538. The quantitative estimate of drug-likeness (QED) is 0.477. The molecule has 0 spiro atoms. The van der Waals surface area contributed by atoms with Gasteiger partial charge in [-0.05, 0) is 41.6 Å². The van der Waals surface area contributed by atoms with Gasteiger partial charge in [0.1, 0.15) is 0 Å². The summed E-state index contributed by atoms with van der Waals surface area (Å²) < 4.78 is 0.895. The van der Waals surface area contributed by atoms with Gasteiger partial charge in [-0.25, -0.2) is 0 Å². The second-order valence-corrected chi connectivity index (χ2v) is 5.57. The van der Waals surface area contributed by atoms with Crippen LogP contribution in [0.1, 0.15) is 38.7 Å². The van der Waals surface area contributed by atoms with Crippen LogP contribution in [0.3, 0.4) is 0 Å². The fourth-order valence-electron chi connectivity index (χ4n) is 2.21. The van der Waals surface area contributed by atoms with E-state index in [4.69, 9.17) is 0 Å². The lowest BCUT2D eigenvalue weighted by molar-refractivity contribution is -0.385. The number of nitrogens with zero attached hydrogens (tertiary/aromatic N) is 1. The van der Waals surface area contributed by atoms with Gasteiger partial charge in [0, 0.05) is 27.2 Å². The molecule has 18 heavy (non-hydrogen) atoms. The smallest absolute Gasteiger partial charge is 0.273 e. The Balaban J connectivity index is 3.11. The monoisotopic (exact) mass is 362 g/mol. The van der Waals surface area contributed by atoms with Gasteiger partial charge < -0.3 is 5.32 Å². The predicted octanol–water partition coefficient (Wildman–Crippen LogP) is 3.69. The van der Waals surface area contributed by atoms with Crippen LogP contribution in [0, 0.1) is 13.7 Å². The molecule has 0 aliphatic heterocycles. The zero-order valence-electron chi connectivity index (χ0n) is 10.9. The van der Waals surface area contributed by atoms with Crippen LogP contribution in [0.25, 0.3) is 0 Å². The van der Waals surface area contributed by atoms with Crippen LogP contribution in [-0.4, -0.2) is 17.5 Å². The first kappa shape index (κ1) is 15.4. The predicted molar refractivity (Wildman–Crippen MR) is 82.0 cm³/mol. The van der Waals surface area contributed by atoms with Crippen LogP contribution in [-0.2, 0) is 0 Å². The maximum absolute atomic E-state index is 11.1. The molecule has 1 N–H and O–H groups in total. The summed E-state index contributed by atoms with van der Waals surface area (Å²) in [4.78, 5) is 10.8. The lowest BCUT2D eigenvalue weighted by Gasteiger charge is -2.23. The highest BCUT2D eigenvalue weighted by molar-refractivity contribution is 14.1. The molecule has 4 nitrogen and oxygen atoms in total. The first-order valence-corrected chi connectivity index (χ1v) is 7.26. The Morgan fingerprint density at radius 2 is 2.11 bits per heavy atom. The van der Waals surface area contributed by atoms with Crippen molar-refractivity contribution in [2.75, 3.05) is 6.54 Å². The van der Waals surface area contributed by atoms with Crippen molar-refractivity contribution < 1.29 is 4.92 Å². The molecule has 100 valence electrons. The molecule has 2 unspecified atom stereocenters. The lowest BCUT2D eigenvalue weighted by atomic mass is 9.90. The standard InChI is InChI=1S/C13H19IN2O2/c1-4-12(15-5-2)9(3)11-7-6-10(14)8-13(11)16(17)18/h6-9,12,15H,4-5H2,1-3H3. The second kappa shape index (κ2) is 7.04. The lowest BCUT2D eigenvalue weighted by Crippen LogP contribution is -2.33. The number of rotatable bonds is 6. The van der Waals surface area contributed by atoms with E-state index >= 15 is 0 Å². The summed E-state index contributed by atoms with van der Waals surface area (Å²) in [5, 5.41) is 14.5. The van der Waals surface area contributed by atoms with Gasteiger partial charge in [-0.15, -0.1) is 0 Å². The third kappa shape index (κ3) is 3.65. The zero-order chi connectivity index (χ0) is 13.7. The SMILES string of the molecule is CCNC(CC)C(C)c1ccc(I)cc1[N+](=O)[O-]. The van der Waals surface area contributed by atoms with Gasteiger partial charge in [-0.2, -0.15) is 0 Å². The summed E-state index contributed by atoms with van der Waals surface area (Å²) in [7, 11) is 0. The highest BCUT2D eigenvalue weighted by Gasteiger charge is 2.24. The summed E-state index contributed by atoms with van der Waals surface area (Å²) in [5.41, 5.74) is 1.04. The molecular formula is C13H19IN2O2. The van der Waals surface area contributed by atoms with Gasteiger partial charge in [-0.1, -0.05) is 26.8 Å². The molecule has 0 amide bonds. The summed E-state index contributed by atoms with van der Waals surface area (Å²) >= 11 is 2.10. The van der Waals surface area contributed by atoms with E-state index in [0.29, 0.717) is 0 Å². The van der Waals surface area contributed by atoms with Crippen molar-refractivity contribution in [3.8, 4) is 0 Å². The Labute approximate surface area is 121 Å². The molecule has 0 bridgehead atoms. The van der Waals surface area contributed by atoms with Crippen LogP contribution in [0.4, 0.5) is 5.69 Å². The second-order valence-electron chi connectivity index (χ2n) is 4.32. The Kier molecular flexibility index (Phi) is 6.01. The third-order valence-electron chi connectivity index (χ3n) is 3.19. The van der Waals surface area contributed by atoms with E-state index in [-0.39, 0.29) is 22.6 Å². The van der Waals surface area contributed by atoms with E-state index in [1.807, 2.05) is 19.1 Å². The Bertz CT molecular complexity index is 423. The largest absolute Gasteiger partial charge is 0.314 e. The summed E-state index contributed by atoms with van der Waals surface area (Å²) in [5.74, 6) is 0.132. The average Bonchev–Trinajstić information content (AvgIpc) is 2.35. The Hall–Kier alpha value is -0.690. The summed E-state index contributed by atoms with van der Waals surface area (Å²) in [6, 6.07) is 5.72. The molecular weight excluding hydrogens is 343 g/mol. The van der Waals surface area contributed by atoms with Crippen molar-refractivity contribution in [3.63, 3.8) is 0 Å². The van der Waals surface area contributed by atoms with Crippen molar-refractivity contribution in [2.45, 2.75) is 39.2 Å². The van der Waals surface area contributed by atoms with E-state index < -0.39 is 0 Å². The van der Waals surface area contributed by atoms with Crippen LogP contribution < -0.4 is 5.32 Å². The van der Waals surface area contributed by atoms with Gasteiger partial charge in [-0.3, -0.25) is 10.1 Å². The highest BCUT2D eigenvalue weighted by Crippen LogP contribution is 2.31. The molecule has 1 aromatic carbocycles. The molecule has 1 rings (SSSR count). The van der Waals surface area contributed by atoms with Crippen LogP contribution in [0.2, 0.25) is 0 Å².